The maximum atomic E-state index is 8.88. The molecule has 0 radical (unpaired) electrons. The molecule has 236 valence electrons. The number of hydrogen-bond acceptors (Lipinski definition) is 3. The predicted molar refractivity (Wildman–Crippen MR) is 173 cm³/mol. The Morgan fingerprint density at radius 1 is 0.385 bits per heavy atom. The average Bonchev–Trinajstić information content (AvgIpc) is 2.95. The first kappa shape index (κ1) is 38.9. The first-order valence-electron chi connectivity index (χ1n) is 18.2. The summed E-state index contributed by atoms with van der Waals surface area (Å²) < 4.78 is 0. The molecule has 1 atom stereocenters. The van der Waals surface area contributed by atoms with Gasteiger partial charge in [0, 0.05) is 6.61 Å². The van der Waals surface area contributed by atoms with Crippen molar-refractivity contribution in [1.29, 1.82) is 0 Å². The summed E-state index contributed by atoms with van der Waals surface area (Å²) in [7, 11) is 0. The molecule has 3 nitrogen and oxygen atoms in total. The lowest BCUT2D eigenvalue weighted by molar-refractivity contribution is -0.242. The van der Waals surface area contributed by atoms with Crippen molar-refractivity contribution in [2.45, 2.75) is 212 Å². The monoisotopic (exact) mass is 555 g/mol. The number of hydrogen-bond donors (Lipinski definition) is 2. The highest BCUT2D eigenvalue weighted by Gasteiger charge is 2.09. The minimum absolute atomic E-state index is 0.362. The molecule has 0 aromatic heterocycles. The van der Waals surface area contributed by atoms with E-state index in [2.05, 4.69) is 11.8 Å². The Morgan fingerprint density at radius 3 is 0.974 bits per heavy atom. The molecular weight excluding hydrogens is 480 g/mol. The Bertz CT molecular complexity index is 414. The van der Waals surface area contributed by atoms with Crippen LogP contribution in [-0.2, 0) is 4.89 Å². The van der Waals surface area contributed by atoms with Crippen molar-refractivity contribution in [3.05, 3.63) is 0 Å². The van der Waals surface area contributed by atoms with Crippen molar-refractivity contribution in [3.8, 4) is 0 Å². The van der Waals surface area contributed by atoms with Gasteiger partial charge in [-0.15, -0.1) is 0 Å². The Labute approximate surface area is 246 Å². The highest BCUT2D eigenvalue weighted by molar-refractivity contribution is 4.62. The number of unbranched alkanes of at least 4 members (excludes halogenated alkanes) is 26. The summed E-state index contributed by atoms with van der Waals surface area (Å²) in [5, 5.41) is 17.3. The van der Waals surface area contributed by atoms with E-state index in [-0.39, 0.29) is 0 Å². The Hall–Kier alpha value is -0.120. The molecule has 0 aromatic carbocycles. The lowest BCUT2D eigenvalue weighted by Crippen LogP contribution is -2.02. The Kier molecular flexibility index (Phi) is 35.8. The van der Waals surface area contributed by atoms with Gasteiger partial charge in [-0.25, -0.2) is 4.89 Å². The van der Waals surface area contributed by atoms with Crippen LogP contribution in [0.5, 0.6) is 0 Å². The third kappa shape index (κ3) is 34.0. The molecule has 1 unspecified atom stereocenters. The maximum absolute atomic E-state index is 8.88. The van der Waals surface area contributed by atoms with E-state index in [4.69, 9.17) is 10.4 Å². The summed E-state index contributed by atoms with van der Waals surface area (Å²) in [6, 6.07) is 0. The molecule has 39 heavy (non-hydrogen) atoms. The van der Waals surface area contributed by atoms with E-state index in [0.29, 0.717) is 13.2 Å². The normalized spacial score (nSPS) is 12.4. The fourth-order valence-corrected chi connectivity index (χ4v) is 6.15. The van der Waals surface area contributed by atoms with Gasteiger partial charge in [0.2, 0.25) is 0 Å². The van der Waals surface area contributed by atoms with Crippen molar-refractivity contribution in [2.75, 3.05) is 13.2 Å². The smallest absolute Gasteiger partial charge is 0.0819 e. The third-order valence-electron chi connectivity index (χ3n) is 8.83. The molecule has 0 saturated heterocycles. The van der Waals surface area contributed by atoms with Crippen LogP contribution in [0.3, 0.4) is 0 Å². The van der Waals surface area contributed by atoms with Gasteiger partial charge < -0.3 is 5.11 Å². The average molecular weight is 555 g/mol. The second-order valence-corrected chi connectivity index (χ2v) is 12.7. The Morgan fingerprint density at radius 2 is 0.667 bits per heavy atom. The summed E-state index contributed by atoms with van der Waals surface area (Å²) in [4.78, 5) is 4.18. The lowest BCUT2D eigenvalue weighted by Gasteiger charge is -2.17. The molecule has 0 amide bonds. The number of aliphatic hydroxyl groups excluding tert-OH is 1. The molecule has 0 saturated carbocycles. The van der Waals surface area contributed by atoms with Crippen molar-refractivity contribution in [3.63, 3.8) is 0 Å². The highest BCUT2D eigenvalue weighted by atomic mass is 17.1. The molecular formula is C36H74O3. The summed E-state index contributed by atoms with van der Waals surface area (Å²) in [5.74, 6) is 0.962. The van der Waals surface area contributed by atoms with Crippen LogP contribution in [0.15, 0.2) is 0 Å². The van der Waals surface area contributed by atoms with Gasteiger partial charge in [0.05, 0.1) is 6.61 Å². The molecule has 0 aliphatic carbocycles. The van der Waals surface area contributed by atoms with Crippen LogP contribution in [0, 0.1) is 5.92 Å². The molecule has 3 heteroatoms. The van der Waals surface area contributed by atoms with Gasteiger partial charge in [-0.05, 0) is 18.8 Å². The molecule has 0 bridgehead atoms. The second kappa shape index (κ2) is 35.9. The molecule has 0 fully saturated rings. The zero-order valence-electron chi connectivity index (χ0n) is 26.9. The van der Waals surface area contributed by atoms with E-state index in [1.807, 2.05) is 0 Å². The van der Waals surface area contributed by atoms with Gasteiger partial charge in [0.25, 0.3) is 0 Å². The SMILES string of the molecule is CCCCCCCCCCCCCCCCC(CCCCCCCCCCCO)CCCCCCCCOO. The van der Waals surface area contributed by atoms with Gasteiger partial charge >= 0.3 is 0 Å². The summed E-state index contributed by atoms with van der Waals surface area (Å²) in [5.41, 5.74) is 0. The fraction of sp³-hybridized carbons (Fsp3) is 1.00. The van der Waals surface area contributed by atoms with E-state index in [0.717, 1.165) is 18.8 Å². The molecule has 0 heterocycles. The third-order valence-corrected chi connectivity index (χ3v) is 8.83. The van der Waals surface area contributed by atoms with Crippen LogP contribution < -0.4 is 0 Å². The van der Waals surface area contributed by atoms with E-state index in [1.165, 1.54) is 193 Å². The predicted octanol–water partition coefficient (Wildman–Crippen LogP) is 12.6. The van der Waals surface area contributed by atoms with E-state index in [9.17, 15) is 0 Å². The van der Waals surface area contributed by atoms with Gasteiger partial charge in [0.15, 0.2) is 0 Å². The quantitative estimate of drug-likeness (QED) is 0.0465. The van der Waals surface area contributed by atoms with E-state index >= 15 is 0 Å². The number of aliphatic hydroxyl groups is 1. The van der Waals surface area contributed by atoms with E-state index < -0.39 is 0 Å². The molecule has 0 aliphatic rings. The summed E-state index contributed by atoms with van der Waals surface area (Å²) in [6.45, 7) is 3.15. The van der Waals surface area contributed by atoms with Crippen LogP contribution in [0.2, 0.25) is 0 Å². The van der Waals surface area contributed by atoms with Gasteiger partial charge in [0.1, 0.15) is 0 Å². The minimum atomic E-state index is 0.362. The zero-order chi connectivity index (χ0) is 28.3. The van der Waals surface area contributed by atoms with Crippen LogP contribution in [0.4, 0.5) is 0 Å². The second-order valence-electron chi connectivity index (χ2n) is 12.7. The van der Waals surface area contributed by atoms with Crippen molar-refractivity contribution in [1.82, 2.24) is 0 Å². The van der Waals surface area contributed by atoms with Crippen molar-refractivity contribution < 1.29 is 15.3 Å². The van der Waals surface area contributed by atoms with Crippen molar-refractivity contribution >= 4 is 0 Å². The van der Waals surface area contributed by atoms with Crippen LogP contribution in [-0.4, -0.2) is 23.6 Å². The topological polar surface area (TPSA) is 49.7 Å². The molecule has 0 aromatic rings. The largest absolute Gasteiger partial charge is 0.396 e. The zero-order valence-corrected chi connectivity index (χ0v) is 26.9. The fourth-order valence-electron chi connectivity index (χ4n) is 6.15. The van der Waals surface area contributed by atoms with E-state index in [1.54, 1.807) is 0 Å². The first-order chi connectivity index (χ1) is 19.3. The van der Waals surface area contributed by atoms with Gasteiger partial charge in [-0.1, -0.05) is 200 Å². The van der Waals surface area contributed by atoms with Crippen LogP contribution in [0.1, 0.15) is 212 Å². The lowest BCUT2D eigenvalue weighted by atomic mass is 9.89. The molecule has 0 rings (SSSR count). The molecule has 0 aliphatic heterocycles. The van der Waals surface area contributed by atoms with Gasteiger partial charge in [-0.2, -0.15) is 0 Å². The highest BCUT2D eigenvalue weighted by Crippen LogP contribution is 2.25. The minimum Gasteiger partial charge on any atom is -0.396 e. The summed E-state index contributed by atoms with van der Waals surface area (Å²) >= 11 is 0. The first-order valence-corrected chi connectivity index (χ1v) is 18.2. The Balaban J connectivity index is 3.82. The van der Waals surface area contributed by atoms with Crippen molar-refractivity contribution in [2.24, 2.45) is 5.92 Å². The standard InChI is InChI=1S/C36H74O3/c1-2-3-4-5-6-7-8-9-10-11-13-16-21-26-31-36(33-28-23-18-20-25-30-35-39-38)32-27-22-17-14-12-15-19-24-29-34-37/h36-38H,2-35H2,1H3. The maximum Gasteiger partial charge on any atom is 0.0819 e. The van der Waals surface area contributed by atoms with Gasteiger partial charge in [-0.3, -0.25) is 5.26 Å². The number of rotatable bonds is 35. The van der Waals surface area contributed by atoms with Crippen LogP contribution in [0.25, 0.3) is 0 Å². The van der Waals surface area contributed by atoms with Crippen LogP contribution >= 0.6 is 0 Å². The summed E-state index contributed by atoms with van der Waals surface area (Å²) in [6.07, 6.45) is 44.2. The molecule has 2 N–H and O–H groups in total. The molecule has 0 spiro atoms.